The van der Waals surface area contributed by atoms with Gasteiger partial charge in [0.05, 0.1) is 18.2 Å². The number of esters is 1. The number of nitrogens with one attached hydrogen (secondary N) is 2. The Bertz CT molecular complexity index is 1400. The molecule has 0 amide bonds. The molecule has 0 aliphatic carbocycles. The Morgan fingerprint density at radius 1 is 0.732 bits per heavy atom. The molecule has 0 atom stereocenters. The number of aromatic carboxylic acids is 1. The van der Waals surface area contributed by atoms with Gasteiger partial charge < -0.3 is 30.7 Å². The molecule has 0 aliphatic heterocycles. The molecule has 12 heteroatoms. The lowest BCUT2D eigenvalue weighted by Gasteiger charge is -2.05. The Kier molecular flexibility index (Phi) is 11.8. The fourth-order valence-electron chi connectivity index (χ4n) is 3.58. The lowest BCUT2D eigenvalue weighted by molar-refractivity contribution is 0.0598. The molecule has 5 N–H and O–H groups in total. The number of phenolic OH excluding ortho intramolecular Hbond substituents is 2. The van der Waals surface area contributed by atoms with Crippen LogP contribution in [0.3, 0.4) is 0 Å². The van der Waals surface area contributed by atoms with Crippen LogP contribution in [0.4, 0.5) is 11.9 Å². The number of aryl methyl sites for hydroxylation is 2. The van der Waals surface area contributed by atoms with Gasteiger partial charge in [-0.1, -0.05) is 24.3 Å². The minimum atomic E-state index is -1.04. The molecule has 2 heterocycles. The van der Waals surface area contributed by atoms with Gasteiger partial charge in [-0.15, -0.1) is 0 Å². The van der Waals surface area contributed by atoms with Crippen LogP contribution < -0.4 is 10.6 Å². The number of carbonyl (C=O) groups excluding carboxylic acids is 1. The number of phenols is 2. The molecule has 0 saturated carbocycles. The average molecular weight is 561 g/mol. The largest absolute Gasteiger partial charge is 0.508 e. The molecule has 2 aromatic heterocycles. The van der Waals surface area contributed by atoms with Crippen molar-refractivity contribution >= 4 is 23.8 Å². The highest BCUT2D eigenvalue weighted by atomic mass is 16.5. The molecule has 0 spiro atoms. The summed E-state index contributed by atoms with van der Waals surface area (Å²) < 4.78 is 4.57. The molecule has 12 nitrogen and oxygen atoms in total. The zero-order valence-electron chi connectivity index (χ0n) is 22.5. The number of anilines is 2. The summed E-state index contributed by atoms with van der Waals surface area (Å²) in [5, 5.41) is 33.5. The second-order valence-corrected chi connectivity index (χ2v) is 8.79. The molecule has 0 saturated heterocycles. The van der Waals surface area contributed by atoms with Crippen LogP contribution in [0.15, 0.2) is 73.3 Å². The highest BCUT2D eigenvalue weighted by Gasteiger charge is 2.06. The third-order valence-corrected chi connectivity index (χ3v) is 5.64. The average Bonchev–Trinajstić information content (AvgIpc) is 2.98. The fourth-order valence-corrected chi connectivity index (χ4v) is 3.58. The van der Waals surface area contributed by atoms with Crippen molar-refractivity contribution in [3.05, 3.63) is 95.6 Å². The number of hydrogen-bond donors (Lipinski definition) is 5. The number of ether oxygens (including phenoxy) is 1. The lowest BCUT2D eigenvalue weighted by atomic mass is 10.1. The van der Waals surface area contributed by atoms with Gasteiger partial charge in [-0.05, 0) is 61.1 Å². The number of hydrogen-bond acceptors (Lipinski definition) is 11. The van der Waals surface area contributed by atoms with E-state index in [-0.39, 0.29) is 17.1 Å². The van der Waals surface area contributed by atoms with Crippen molar-refractivity contribution in [2.75, 3.05) is 30.8 Å². The van der Waals surface area contributed by atoms with Crippen LogP contribution in [0.5, 0.6) is 11.5 Å². The first-order valence-electron chi connectivity index (χ1n) is 12.8. The summed E-state index contributed by atoms with van der Waals surface area (Å²) in [6.07, 6.45) is 8.81. The molecule has 41 heavy (non-hydrogen) atoms. The van der Waals surface area contributed by atoms with Gasteiger partial charge in [0, 0.05) is 37.9 Å². The number of rotatable bonds is 12. The number of carbonyl (C=O) groups is 2. The summed E-state index contributed by atoms with van der Waals surface area (Å²) in [4.78, 5) is 37.8. The van der Waals surface area contributed by atoms with E-state index in [9.17, 15) is 19.8 Å². The van der Waals surface area contributed by atoms with E-state index in [2.05, 4.69) is 35.3 Å². The number of nitrogens with zero attached hydrogens (tertiary/aromatic N) is 4. The van der Waals surface area contributed by atoms with Gasteiger partial charge in [0.2, 0.25) is 11.9 Å². The number of benzene rings is 2. The SMILES string of the molecule is COC(=O)c1cnc(NCCCc2cccc(O)c2)nc1.O=C(O)c1cnc(NCCCc2cccc(O)c2)nc1. The first-order chi connectivity index (χ1) is 19.8. The molecular weight excluding hydrogens is 528 g/mol. The molecule has 0 fully saturated rings. The summed E-state index contributed by atoms with van der Waals surface area (Å²) in [5.41, 5.74) is 2.53. The summed E-state index contributed by atoms with van der Waals surface area (Å²) >= 11 is 0. The highest BCUT2D eigenvalue weighted by Crippen LogP contribution is 2.13. The van der Waals surface area contributed by atoms with Crippen LogP contribution in [-0.4, -0.2) is 67.4 Å². The number of carboxylic acids is 1. The Hall–Kier alpha value is -5.26. The first-order valence-corrected chi connectivity index (χ1v) is 12.8. The summed E-state index contributed by atoms with van der Waals surface area (Å²) in [5.74, 6) is -0.0689. The molecule has 0 unspecified atom stereocenters. The molecule has 0 aliphatic rings. The number of methoxy groups -OCH3 is 1. The minimum absolute atomic E-state index is 0.0651. The van der Waals surface area contributed by atoms with Crippen molar-refractivity contribution in [3.63, 3.8) is 0 Å². The third-order valence-electron chi connectivity index (χ3n) is 5.64. The van der Waals surface area contributed by atoms with Crippen LogP contribution in [0.25, 0.3) is 0 Å². The zero-order valence-corrected chi connectivity index (χ0v) is 22.5. The van der Waals surface area contributed by atoms with Gasteiger partial charge in [0.15, 0.2) is 0 Å². The smallest absolute Gasteiger partial charge is 0.341 e. The summed E-state index contributed by atoms with van der Waals surface area (Å²) in [6, 6.07) is 14.3. The van der Waals surface area contributed by atoms with Gasteiger partial charge in [0.1, 0.15) is 11.5 Å². The lowest BCUT2D eigenvalue weighted by Crippen LogP contribution is -2.08. The van der Waals surface area contributed by atoms with Crippen LogP contribution in [0, 0.1) is 0 Å². The van der Waals surface area contributed by atoms with Gasteiger partial charge >= 0.3 is 11.9 Å². The Balaban J connectivity index is 0.000000226. The van der Waals surface area contributed by atoms with E-state index in [0.29, 0.717) is 30.5 Å². The van der Waals surface area contributed by atoms with Crippen molar-refractivity contribution in [3.8, 4) is 11.5 Å². The van der Waals surface area contributed by atoms with Gasteiger partial charge in [0.25, 0.3) is 0 Å². The normalized spacial score (nSPS) is 10.2. The van der Waals surface area contributed by atoms with Crippen molar-refractivity contribution in [1.82, 2.24) is 19.9 Å². The topological polar surface area (TPSA) is 180 Å². The van der Waals surface area contributed by atoms with E-state index < -0.39 is 11.9 Å². The van der Waals surface area contributed by atoms with E-state index in [1.807, 2.05) is 24.3 Å². The number of aromatic hydroxyl groups is 2. The maximum absolute atomic E-state index is 11.2. The van der Waals surface area contributed by atoms with E-state index in [4.69, 9.17) is 5.11 Å². The Labute approximate surface area is 237 Å². The standard InChI is InChI=1S/C15H17N3O3.C14H15N3O3/c1-21-14(20)12-9-17-15(18-10-12)16-7-3-5-11-4-2-6-13(19)8-11;18-12-5-1-3-10(7-12)4-2-6-15-14-16-8-11(9-17-14)13(19)20/h2,4,6,8-10,19H,3,5,7H2,1H3,(H,16,17,18);1,3,5,7-9,18H,2,4,6H2,(H,19,20)(H,15,16,17). The Morgan fingerprint density at radius 3 is 1.56 bits per heavy atom. The van der Waals surface area contributed by atoms with Gasteiger partial charge in [-0.25, -0.2) is 29.5 Å². The van der Waals surface area contributed by atoms with E-state index in [1.165, 1.54) is 31.9 Å². The fraction of sp³-hybridized carbons (Fsp3) is 0.241. The highest BCUT2D eigenvalue weighted by molar-refractivity contribution is 5.88. The summed E-state index contributed by atoms with van der Waals surface area (Å²) in [6.45, 7) is 1.37. The molecule has 4 rings (SSSR count). The molecule has 0 radical (unpaired) electrons. The quantitative estimate of drug-likeness (QED) is 0.125. The van der Waals surface area contributed by atoms with Crippen LogP contribution in [0.1, 0.15) is 44.7 Å². The molecule has 214 valence electrons. The number of carboxylic acid groups (broad SMARTS) is 1. The second-order valence-electron chi connectivity index (χ2n) is 8.79. The van der Waals surface area contributed by atoms with Gasteiger partial charge in [-0.2, -0.15) is 0 Å². The number of aromatic nitrogens is 4. The van der Waals surface area contributed by atoms with Crippen LogP contribution >= 0.6 is 0 Å². The predicted molar refractivity (Wildman–Crippen MR) is 152 cm³/mol. The predicted octanol–water partition coefficient (Wildman–Crippen LogP) is 3.94. The minimum Gasteiger partial charge on any atom is -0.508 e. The molecular formula is C29H32N6O6. The van der Waals surface area contributed by atoms with E-state index >= 15 is 0 Å². The van der Waals surface area contributed by atoms with Crippen molar-refractivity contribution in [1.29, 1.82) is 0 Å². The van der Waals surface area contributed by atoms with E-state index in [0.717, 1.165) is 36.8 Å². The van der Waals surface area contributed by atoms with Crippen molar-refractivity contribution < 1.29 is 29.6 Å². The molecule has 2 aromatic carbocycles. The van der Waals surface area contributed by atoms with Crippen LogP contribution in [0.2, 0.25) is 0 Å². The second kappa shape index (κ2) is 16.0. The van der Waals surface area contributed by atoms with Crippen molar-refractivity contribution in [2.45, 2.75) is 25.7 Å². The Morgan fingerprint density at radius 2 is 1.17 bits per heavy atom. The maximum atomic E-state index is 11.2. The summed E-state index contributed by atoms with van der Waals surface area (Å²) in [7, 11) is 1.32. The third kappa shape index (κ3) is 10.8. The molecule has 4 aromatic rings. The first kappa shape index (κ1) is 30.3. The monoisotopic (exact) mass is 560 g/mol. The van der Waals surface area contributed by atoms with Gasteiger partial charge in [-0.3, -0.25) is 0 Å². The molecule has 0 bridgehead atoms. The maximum Gasteiger partial charge on any atom is 0.341 e. The van der Waals surface area contributed by atoms with E-state index in [1.54, 1.807) is 24.3 Å². The zero-order chi connectivity index (χ0) is 29.5. The van der Waals surface area contributed by atoms with Crippen molar-refractivity contribution in [2.24, 2.45) is 0 Å². The van der Waals surface area contributed by atoms with Crippen LogP contribution in [-0.2, 0) is 17.6 Å².